The van der Waals surface area contributed by atoms with Crippen molar-refractivity contribution in [1.29, 1.82) is 0 Å². The standard InChI is InChI=1S/C16H20F3N3O3S/c1-25-12-7-26(2)13(6-23)16(24)15(12)22-5-11(20-21-22)8-3-9(17)14(19)10(18)4-8/h3-5,12-13,15-16,23-24,26H,6-7H2,1-2H3/t12-,13+,15+,16-/m0/s1. The Balaban J connectivity index is 1.95. The quantitative estimate of drug-likeness (QED) is 0.541. The number of benzene rings is 1. The van der Waals surface area contributed by atoms with E-state index in [1.54, 1.807) is 0 Å². The molecule has 1 fully saturated rings. The number of hydrogen-bond donors (Lipinski definition) is 3. The number of nitrogens with zero attached hydrogens (tertiary/aromatic N) is 3. The fourth-order valence-corrected chi connectivity index (χ4v) is 5.46. The third kappa shape index (κ3) is 3.34. The van der Waals surface area contributed by atoms with Crippen molar-refractivity contribution in [3.05, 3.63) is 35.8 Å². The molecule has 1 saturated heterocycles. The van der Waals surface area contributed by atoms with Gasteiger partial charge in [0.05, 0.1) is 25.0 Å². The van der Waals surface area contributed by atoms with Gasteiger partial charge in [-0.25, -0.2) is 28.7 Å². The summed E-state index contributed by atoms with van der Waals surface area (Å²) in [6.45, 7) is -0.160. The Labute approximate surface area is 150 Å². The van der Waals surface area contributed by atoms with Gasteiger partial charge in [0.15, 0.2) is 17.5 Å². The van der Waals surface area contributed by atoms with Crippen LogP contribution in [0.1, 0.15) is 6.04 Å². The SMILES string of the molecule is CO[C@H]1C[SH](C)[C@H](CO)[C@H](O)[C@@H]1n1cc(-c2cc(F)c(F)c(F)c2)nn1. The molecule has 0 aliphatic carbocycles. The van der Waals surface area contributed by atoms with Gasteiger partial charge in [0, 0.05) is 23.7 Å². The molecule has 2 N–H and O–H groups in total. The van der Waals surface area contributed by atoms with E-state index in [0.717, 1.165) is 12.1 Å². The van der Waals surface area contributed by atoms with Gasteiger partial charge in [-0.05, 0) is 18.4 Å². The van der Waals surface area contributed by atoms with E-state index in [1.165, 1.54) is 18.0 Å². The van der Waals surface area contributed by atoms with Crippen LogP contribution in [0.3, 0.4) is 0 Å². The van der Waals surface area contributed by atoms with Gasteiger partial charge >= 0.3 is 0 Å². The summed E-state index contributed by atoms with van der Waals surface area (Å²) < 4.78 is 46.9. The number of aliphatic hydroxyl groups is 2. The Hall–Kier alpha value is -1.62. The molecule has 2 heterocycles. The summed E-state index contributed by atoms with van der Waals surface area (Å²) in [6.07, 6.45) is 2.15. The van der Waals surface area contributed by atoms with E-state index in [9.17, 15) is 23.4 Å². The van der Waals surface area contributed by atoms with Crippen LogP contribution in [-0.4, -0.2) is 68.4 Å². The summed E-state index contributed by atoms with van der Waals surface area (Å²) >= 11 is 0. The number of ether oxygens (including phenoxy) is 1. The van der Waals surface area contributed by atoms with Gasteiger partial charge in [0.2, 0.25) is 0 Å². The second kappa shape index (κ2) is 7.55. The zero-order valence-corrected chi connectivity index (χ0v) is 15.1. The summed E-state index contributed by atoms with van der Waals surface area (Å²) in [6, 6.07) is 1.06. The minimum absolute atomic E-state index is 0.0309. The second-order valence-corrected chi connectivity index (χ2v) is 8.82. The highest BCUT2D eigenvalue weighted by Gasteiger charge is 2.42. The van der Waals surface area contributed by atoms with E-state index in [-0.39, 0.29) is 29.2 Å². The Morgan fingerprint density at radius 2 is 1.96 bits per heavy atom. The van der Waals surface area contributed by atoms with E-state index in [1.807, 2.05) is 6.26 Å². The maximum atomic E-state index is 13.5. The molecule has 0 saturated carbocycles. The average molecular weight is 391 g/mol. The molecular weight excluding hydrogens is 371 g/mol. The van der Waals surface area contributed by atoms with Crippen molar-refractivity contribution >= 4 is 10.9 Å². The van der Waals surface area contributed by atoms with E-state index in [4.69, 9.17) is 4.74 Å². The van der Waals surface area contributed by atoms with Gasteiger partial charge in [-0.3, -0.25) is 0 Å². The molecule has 1 aliphatic rings. The van der Waals surface area contributed by atoms with Crippen molar-refractivity contribution in [1.82, 2.24) is 15.0 Å². The predicted octanol–water partition coefficient (Wildman–Crippen LogP) is 1.28. The Morgan fingerprint density at radius 3 is 2.54 bits per heavy atom. The van der Waals surface area contributed by atoms with Gasteiger partial charge in [0.1, 0.15) is 11.7 Å². The first kappa shape index (κ1) is 19.2. The van der Waals surface area contributed by atoms with Gasteiger partial charge in [0.25, 0.3) is 0 Å². The highest BCUT2D eigenvalue weighted by atomic mass is 32.2. The number of halogens is 3. The summed E-state index contributed by atoms with van der Waals surface area (Å²) in [7, 11) is 0.890. The minimum atomic E-state index is -1.55. The van der Waals surface area contributed by atoms with E-state index >= 15 is 0 Å². The maximum Gasteiger partial charge on any atom is 0.194 e. The number of aliphatic hydroxyl groups excluding tert-OH is 2. The normalized spacial score (nSPS) is 30.5. The van der Waals surface area contributed by atoms with Crippen molar-refractivity contribution in [3.8, 4) is 11.3 Å². The molecule has 10 heteroatoms. The Bertz CT molecular complexity index is 768. The maximum absolute atomic E-state index is 13.5. The Kier molecular flexibility index (Phi) is 5.56. The summed E-state index contributed by atoms with van der Waals surface area (Å²) in [5.74, 6) is -3.53. The third-order valence-corrected chi connectivity index (χ3v) is 7.28. The molecule has 3 rings (SSSR count). The van der Waals surface area contributed by atoms with Crippen molar-refractivity contribution in [2.24, 2.45) is 0 Å². The lowest BCUT2D eigenvalue weighted by atomic mass is 10.0. The first-order valence-corrected chi connectivity index (χ1v) is 10.0. The molecule has 1 aliphatic heterocycles. The fraction of sp³-hybridized carbons (Fsp3) is 0.500. The van der Waals surface area contributed by atoms with Gasteiger partial charge < -0.3 is 14.9 Å². The Morgan fingerprint density at radius 1 is 1.31 bits per heavy atom. The van der Waals surface area contributed by atoms with Crippen molar-refractivity contribution in [3.63, 3.8) is 0 Å². The molecule has 1 unspecified atom stereocenters. The predicted molar refractivity (Wildman–Crippen MR) is 91.8 cm³/mol. The monoisotopic (exact) mass is 391 g/mol. The second-order valence-electron chi connectivity index (χ2n) is 6.28. The van der Waals surface area contributed by atoms with Crippen LogP contribution in [0.4, 0.5) is 13.2 Å². The zero-order chi connectivity index (χ0) is 19.0. The molecular formula is C16H20F3N3O3S. The molecule has 0 amide bonds. The van der Waals surface area contributed by atoms with Crippen LogP contribution < -0.4 is 0 Å². The van der Waals surface area contributed by atoms with Crippen LogP contribution in [0.15, 0.2) is 18.3 Å². The van der Waals surface area contributed by atoms with Crippen molar-refractivity contribution < 1.29 is 28.1 Å². The van der Waals surface area contributed by atoms with Crippen LogP contribution in [-0.2, 0) is 4.74 Å². The largest absolute Gasteiger partial charge is 0.395 e. The number of rotatable bonds is 4. The lowest BCUT2D eigenvalue weighted by Crippen LogP contribution is -2.50. The van der Waals surface area contributed by atoms with Crippen molar-refractivity contribution in [2.45, 2.75) is 23.5 Å². The first-order valence-electron chi connectivity index (χ1n) is 7.96. The summed E-state index contributed by atoms with van der Waals surface area (Å²) in [5, 5.41) is 27.8. The molecule has 0 bridgehead atoms. The van der Waals surface area contributed by atoms with Crippen LogP contribution >= 0.6 is 10.9 Å². The van der Waals surface area contributed by atoms with Gasteiger partial charge in [-0.1, -0.05) is 5.21 Å². The van der Waals surface area contributed by atoms with Crippen molar-refractivity contribution in [2.75, 3.05) is 25.7 Å². The molecule has 1 aromatic heterocycles. The highest BCUT2D eigenvalue weighted by molar-refractivity contribution is 8.17. The molecule has 144 valence electrons. The van der Waals surface area contributed by atoms with E-state index < -0.39 is 40.5 Å². The van der Waals surface area contributed by atoms with Crippen LogP contribution in [0.5, 0.6) is 0 Å². The fourth-order valence-electron chi connectivity index (χ4n) is 3.28. The molecule has 6 nitrogen and oxygen atoms in total. The molecule has 0 spiro atoms. The number of methoxy groups -OCH3 is 1. The number of aromatic nitrogens is 3. The topological polar surface area (TPSA) is 80.4 Å². The smallest absolute Gasteiger partial charge is 0.194 e. The van der Waals surface area contributed by atoms with Crippen LogP contribution in [0, 0.1) is 17.5 Å². The first-order chi connectivity index (χ1) is 12.4. The molecule has 1 aromatic carbocycles. The van der Waals surface area contributed by atoms with Crippen LogP contribution in [0.25, 0.3) is 11.3 Å². The summed E-state index contributed by atoms with van der Waals surface area (Å²) in [4.78, 5) is 0. The minimum Gasteiger partial charge on any atom is -0.395 e. The lowest BCUT2D eigenvalue weighted by molar-refractivity contribution is -0.0137. The lowest BCUT2D eigenvalue weighted by Gasteiger charge is -2.44. The van der Waals surface area contributed by atoms with Gasteiger partial charge in [-0.2, -0.15) is 0 Å². The van der Waals surface area contributed by atoms with Gasteiger partial charge in [-0.15, -0.1) is 5.10 Å². The molecule has 0 radical (unpaired) electrons. The van der Waals surface area contributed by atoms with E-state index in [0.29, 0.717) is 5.75 Å². The number of thiol groups is 1. The molecule has 26 heavy (non-hydrogen) atoms. The zero-order valence-electron chi connectivity index (χ0n) is 14.2. The van der Waals surface area contributed by atoms with Crippen LogP contribution in [0.2, 0.25) is 0 Å². The summed E-state index contributed by atoms with van der Waals surface area (Å²) in [5.41, 5.74) is 0.165. The molecule has 5 atom stereocenters. The number of hydrogen-bond acceptors (Lipinski definition) is 5. The molecule has 2 aromatic rings. The highest BCUT2D eigenvalue weighted by Crippen LogP contribution is 2.42. The average Bonchev–Trinajstić information content (AvgIpc) is 3.08. The van der Waals surface area contributed by atoms with E-state index in [2.05, 4.69) is 10.3 Å². The third-order valence-electron chi connectivity index (χ3n) is 4.74.